The molecule has 4 nitrogen and oxygen atoms in total. The quantitative estimate of drug-likeness (QED) is 0.840. The van der Waals surface area contributed by atoms with Crippen LogP contribution in [0.5, 0.6) is 0 Å². The van der Waals surface area contributed by atoms with Gasteiger partial charge in [0.2, 0.25) is 0 Å². The Hall–Kier alpha value is -1.88. The molecule has 1 aliphatic rings. The summed E-state index contributed by atoms with van der Waals surface area (Å²) in [6.07, 6.45) is 2.66. The number of rotatable bonds is 4. The van der Waals surface area contributed by atoms with E-state index in [1.165, 1.54) is 6.07 Å². The van der Waals surface area contributed by atoms with Gasteiger partial charge in [0, 0.05) is 24.7 Å². The third kappa shape index (κ3) is 3.61. The highest BCUT2D eigenvalue weighted by Gasteiger charge is 2.23. The van der Waals surface area contributed by atoms with Crippen LogP contribution in [0.15, 0.2) is 24.3 Å². The van der Waals surface area contributed by atoms with Gasteiger partial charge in [0.05, 0.1) is 5.69 Å². The molecule has 1 aromatic heterocycles. The molecular weight excluding hydrogens is 327 g/mol. The molecule has 0 spiro atoms. The van der Waals surface area contributed by atoms with E-state index in [9.17, 15) is 4.39 Å². The Bertz CT molecular complexity index is 714. The van der Waals surface area contributed by atoms with E-state index in [0.29, 0.717) is 16.7 Å². The van der Waals surface area contributed by atoms with Crippen molar-refractivity contribution in [3.05, 3.63) is 46.6 Å². The van der Waals surface area contributed by atoms with Gasteiger partial charge in [0.25, 0.3) is 0 Å². The molecule has 0 amide bonds. The fourth-order valence-electron chi connectivity index (χ4n) is 3.15. The molecule has 0 bridgehead atoms. The van der Waals surface area contributed by atoms with Crippen LogP contribution in [0.25, 0.3) is 0 Å². The number of aryl methyl sites for hydroxylation is 1. The van der Waals surface area contributed by atoms with Gasteiger partial charge < -0.3 is 10.2 Å². The first-order valence-corrected chi connectivity index (χ1v) is 8.75. The fourth-order valence-corrected chi connectivity index (χ4v) is 3.49. The first-order chi connectivity index (χ1) is 11.6. The summed E-state index contributed by atoms with van der Waals surface area (Å²) >= 11 is 6.28. The molecule has 0 aliphatic carbocycles. The molecule has 128 valence electrons. The predicted octanol–water partition coefficient (Wildman–Crippen LogP) is 4.22. The van der Waals surface area contributed by atoms with Gasteiger partial charge in [0.15, 0.2) is 0 Å². The Morgan fingerprint density at radius 3 is 2.62 bits per heavy atom. The monoisotopic (exact) mass is 348 g/mol. The topological polar surface area (TPSA) is 41.1 Å². The summed E-state index contributed by atoms with van der Waals surface area (Å²) in [6.45, 7) is 5.66. The Morgan fingerprint density at radius 1 is 1.25 bits per heavy atom. The van der Waals surface area contributed by atoms with Crippen molar-refractivity contribution in [3.63, 3.8) is 0 Å². The number of para-hydroxylation sites is 1. The average molecular weight is 349 g/mol. The van der Waals surface area contributed by atoms with Gasteiger partial charge in [-0.25, -0.2) is 14.4 Å². The summed E-state index contributed by atoms with van der Waals surface area (Å²) in [7, 11) is 0. The number of piperidine rings is 1. The third-order valence-electron chi connectivity index (χ3n) is 4.43. The molecule has 0 radical (unpaired) electrons. The Balaban J connectivity index is 1.68. The highest BCUT2D eigenvalue weighted by Crippen LogP contribution is 2.28. The number of nitrogens with one attached hydrogen (secondary N) is 1. The molecule has 6 heteroatoms. The number of aromatic nitrogens is 2. The first kappa shape index (κ1) is 17.0. The van der Waals surface area contributed by atoms with Gasteiger partial charge in [-0.15, -0.1) is 0 Å². The van der Waals surface area contributed by atoms with E-state index >= 15 is 0 Å². The van der Waals surface area contributed by atoms with Gasteiger partial charge >= 0.3 is 0 Å². The van der Waals surface area contributed by atoms with Crippen molar-refractivity contribution in [2.75, 3.05) is 23.3 Å². The molecule has 24 heavy (non-hydrogen) atoms. The van der Waals surface area contributed by atoms with Crippen LogP contribution in [-0.4, -0.2) is 29.1 Å². The molecule has 0 unspecified atom stereocenters. The molecule has 3 rings (SSSR count). The van der Waals surface area contributed by atoms with Crippen LogP contribution < -0.4 is 10.2 Å². The number of benzene rings is 1. The minimum atomic E-state index is -0.202. The van der Waals surface area contributed by atoms with Crippen LogP contribution >= 0.6 is 11.6 Å². The second-order valence-corrected chi connectivity index (χ2v) is 6.46. The van der Waals surface area contributed by atoms with Crippen molar-refractivity contribution in [2.45, 2.75) is 39.2 Å². The van der Waals surface area contributed by atoms with Crippen molar-refractivity contribution in [3.8, 4) is 0 Å². The lowest BCUT2D eigenvalue weighted by molar-refractivity contribution is 0.518. The SMILES string of the molecule is CCc1c(Cl)nc(C)nc1N1CCC(Nc2ccccc2F)CC1. The van der Waals surface area contributed by atoms with Crippen molar-refractivity contribution < 1.29 is 4.39 Å². The molecule has 1 N–H and O–H groups in total. The second-order valence-electron chi connectivity index (χ2n) is 6.10. The maximum absolute atomic E-state index is 13.8. The van der Waals surface area contributed by atoms with Crippen LogP contribution in [-0.2, 0) is 6.42 Å². The zero-order valence-electron chi connectivity index (χ0n) is 14.0. The number of anilines is 2. The van der Waals surface area contributed by atoms with Gasteiger partial charge in [-0.3, -0.25) is 0 Å². The lowest BCUT2D eigenvalue weighted by Gasteiger charge is -2.34. The van der Waals surface area contributed by atoms with Gasteiger partial charge in [-0.2, -0.15) is 0 Å². The van der Waals surface area contributed by atoms with Crippen LogP contribution in [0, 0.1) is 12.7 Å². The lowest BCUT2D eigenvalue weighted by Crippen LogP contribution is -2.40. The molecule has 1 fully saturated rings. The minimum absolute atomic E-state index is 0.202. The molecule has 1 aromatic carbocycles. The Labute approximate surface area is 147 Å². The number of halogens is 2. The standard InChI is InChI=1S/C18H22ClFN4/c1-3-14-17(19)21-12(2)22-18(14)24-10-8-13(9-11-24)23-16-7-5-4-6-15(16)20/h4-7,13,23H,3,8-11H2,1-2H3. The molecule has 1 saturated heterocycles. The van der Waals surface area contributed by atoms with Gasteiger partial charge in [-0.05, 0) is 38.3 Å². The minimum Gasteiger partial charge on any atom is -0.380 e. The Kier molecular flexibility index (Phi) is 5.19. The van der Waals surface area contributed by atoms with Gasteiger partial charge in [0.1, 0.15) is 22.6 Å². The zero-order chi connectivity index (χ0) is 17.1. The van der Waals surface area contributed by atoms with Crippen molar-refractivity contribution >= 4 is 23.1 Å². The second kappa shape index (κ2) is 7.34. The third-order valence-corrected chi connectivity index (χ3v) is 4.74. The van der Waals surface area contributed by atoms with Gasteiger partial charge in [-0.1, -0.05) is 30.7 Å². The van der Waals surface area contributed by atoms with E-state index in [-0.39, 0.29) is 11.9 Å². The highest BCUT2D eigenvalue weighted by atomic mass is 35.5. The summed E-state index contributed by atoms with van der Waals surface area (Å²) in [5, 5.41) is 3.86. The molecule has 2 heterocycles. The van der Waals surface area contributed by atoms with Crippen molar-refractivity contribution in [1.82, 2.24) is 9.97 Å². The lowest BCUT2D eigenvalue weighted by atomic mass is 10.0. The summed E-state index contributed by atoms with van der Waals surface area (Å²) in [6, 6.07) is 7.08. The van der Waals surface area contributed by atoms with Crippen molar-refractivity contribution in [1.29, 1.82) is 0 Å². The van der Waals surface area contributed by atoms with Crippen molar-refractivity contribution in [2.24, 2.45) is 0 Å². The number of hydrogen-bond donors (Lipinski definition) is 1. The molecule has 0 atom stereocenters. The molecular formula is C18H22ClFN4. The molecule has 2 aromatic rings. The average Bonchev–Trinajstić information content (AvgIpc) is 2.57. The maximum Gasteiger partial charge on any atom is 0.146 e. The van der Waals surface area contributed by atoms with E-state index in [1.54, 1.807) is 12.1 Å². The van der Waals surface area contributed by atoms with Crippen LogP contribution in [0.3, 0.4) is 0 Å². The largest absolute Gasteiger partial charge is 0.380 e. The van der Waals surface area contributed by atoms with Crippen LogP contribution in [0.2, 0.25) is 5.15 Å². The number of hydrogen-bond acceptors (Lipinski definition) is 4. The van der Waals surface area contributed by atoms with E-state index in [4.69, 9.17) is 11.6 Å². The summed E-state index contributed by atoms with van der Waals surface area (Å²) in [5.74, 6) is 1.43. The summed E-state index contributed by atoms with van der Waals surface area (Å²) < 4.78 is 13.8. The first-order valence-electron chi connectivity index (χ1n) is 8.37. The molecule has 1 aliphatic heterocycles. The summed E-state index contributed by atoms with van der Waals surface area (Å²) in [5.41, 5.74) is 1.58. The van der Waals surface area contributed by atoms with E-state index in [1.807, 2.05) is 13.0 Å². The van der Waals surface area contributed by atoms with E-state index < -0.39 is 0 Å². The van der Waals surface area contributed by atoms with Crippen LogP contribution in [0.1, 0.15) is 31.2 Å². The van der Waals surface area contributed by atoms with E-state index in [2.05, 4.69) is 27.1 Å². The normalized spacial score (nSPS) is 15.6. The highest BCUT2D eigenvalue weighted by molar-refractivity contribution is 6.30. The number of nitrogens with zero attached hydrogens (tertiary/aromatic N) is 3. The summed E-state index contributed by atoms with van der Waals surface area (Å²) in [4.78, 5) is 11.1. The zero-order valence-corrected chi connectivity index (χ0v) is 14.8. The van der Waals surface area contributed by atoms with Crippen LogP contribution in [0.4, 0.5) is 15.9 Å². The van der Waals surface area contributed by atoms with E-state index in [0.717, 1.165) is 43.7 Å². The smallest absolute Gasteiger partial charge is 0.146 e. The Morgan fingerprint density at radius 2 is 1.96 bits per heavy atom. The fraction of sp³-hybridized carbons (Fsp3) is 0.444. The molecule has 0 saturated carbocycles. The predicted molar refractivity (Wildman–Crippen MR) is 96.4 cm³/mol. The maximum atomic E-state index is 13.8.